The summed E-state index contributed by atoms with van der Waals surface area (Å²) in [5, 5.41) is 4.99. The lowest BCUT2D eigenvalue weighted by molar-refractivity contribution is 0.0591. The van der Waals surface area contributed by atoms with Crippen molar-refractivity contribution in [2.75, 3.05) is 25.8 Å². The number of rotatable bonds is 16. The van der Waals surface area contributed by atoms with Crippen LogP contribution in [-0.4, -0.2) is 70.6 Å². The highest BCUT2D eigenvalue weighted by Gasteiger charge is 2.15. The summed E-state index contributed by atoms with van der Waals surface area (Å²) in [7, 11) is 2.60. The molecule has 0 fully saturated rings. The van der Waals surface area contributed by atoms with Crippen molar-refractivity contribution in [1.82, 2.24) is 38.2 Å². The van der Waals surface area contributed by atoms with Crippen molar-refractivity contribution in [3.8, 4) is 23.0 Å². The number of halogens is 2. The summed E-state index contributed by atoms with van der Waals surface area (Å²) in [6, 6.07) is 31.6. The molecule has 4 aromatic carbocycles. The molecule has 4 heterocycles. The van der Waals surface area contributed by atoms with E-state index in [1.54, 1.807) is 94.1 Å². The predicted octanol–water partition coefficient (Wildman–Crippen LogP) is 9.91. The molecule has 18 nitrogen and oxygen atoms in total. The van der Waals surface area contributed by atoms with Gasteiger partial charge in [0.25, 0.3) is 0 Å². The monoisotopic (exact) mass is 1060 g/mol. The van der Waals surface area contributed by atoms with Gasteiger partial charge >= 0.3 is 23.3 Å². The molecule has 73 heavy (non-hydrogen) atoms. The fourth-order valence-electron chi connectivity index (χ4n) is 6.87. The first-order valence-corrected chi connectivity index (χ1v) is 24.6. The van der Waals surface area contributed by atoms with E-state index >= 15 is 0 Å². The lowest BCUT2D eigenvalue weighted by atomic mass is 10.2. The Balaban J connectivity index is 0.000000214. The maximum absolute atomic E-state index is 13.3. The van der Waals surface area contributed by atoms with E-state index in [1.807, 2.05) is 44.4 Å². The topological polar surface area (TPSA) is 201 Å². The molecule has 22 heteroatoms. The van der Waals surface area contributed by atoms with Crippen molar-refractivity contribution >= 4 is 76.4 Å². The normalized spacial score (nSPS) is 11.0. The Labute approximate surface area is 437 Å². The zero-order valence-corrected chi connectivity index (χ0v) is 43.0. The number of aromatic nitrogens is 8. The second kappa shape index (κ2) is 25.0. The highest BCUT2D eigenvalue weighted by Crippen LogP contribution is 2.26. The number of anilines is 2. The van der Waals surface area contributed by atoms with Gasteiger partial charge in [-0.05, 0) is 128 Å². The first kappa shape index (κ1) is 52.9. The molecule has 4 aromatic heterocycles. The molecular weight excluding hydrogens is 1020 g/mol. The van der Waals surface area contributed by atoms with Gasteiger partial charge in [-0.15, -0.1) is 0 Å². The molecule has 0 radical (unpaired) electrons. The predicted molar refractivity (Wildman–Crippen MR) is 281 cm³/mol. The summed E-state index contributed by atoms with van der Waals surface area (Å²) in [5.41, 5.74) is 3.43. The van der Waals surface area contributed by atoms with Crippen molar-refractivity contribution in [1.29, 1.82) is 0 Å². The minimum absolute atomic E-state index is 0.190. The summed E-state index contributed by atoms with van der Waals surface area (Å²) in [4.78, 5) is 71.8. The maximum Gasteiger partial charge on any atom is 0.339 e. The third-order valence-electron chi connectivity index (χ3n) is 10.5. The van der Waals surface area contributed by atoms with E-state index in [2.05, 4.69) is 30.2 Å². The fourth-order valence-corrected chi connectivity index (χ4v) is 8.02. The Morgan fingerprint density at radius 3 is 1.59 bits per heavy atom. The fraction of sp³-hybridized carbons (Fsp3) is 0.176. The molecule has 0 aliphatic heterocycles. The van der Waals surface area contributed by atoms with E-state index in [4.69, 9.17) is 54.4 Å². The molecule has 0 bridgehead atoms. The van der Waals surface area contributed by atoms with E-state index in [-0.39, 0.29) is 39.4 Å². The Kier molecular flexibility index (Phi) is 18.1. The molecule has 0 amide bonds. The number of carbonyl (C=O) groups is 2. The van der Waals surface area contributed by atoms with Crippen molar-refractivity contribution in [3.63, 3.8) is 0 Å². The number of ether oxygens (including phenoxy) is 4. The Morgan fingerprint density at radius 2 is 1.11 bits per heavy atom. The smallest absolute Gasteiger partial charge is 0.339 e. The number of benzene rings is 4. The lowest BCUT2D eigenvalue weighted by Gasteiger charge is -2.16. The molecule has 0 atom stereocenters. The zero-order valence-electron chi connectivity index (χ0n) is 39.9. The molecule has 0 spiro atoms. The molecule has 0 aliphatic carbocycles. The second-order valence-corrected chi connectivity index (χ2v) is 17.4. The Bertz CT molecular complexity index is 3500. The van der Waals surface area contributed by atoms with Gasteiger partial charge in [0.05, 0.1) is 56.5 Å². The molecule has 0 aliphatic rings. The largest absolute Gasteiger partial charge is 0.465 e. The van der Waals surface area contributed by atoms with Crippen LogP contribution in [0.15, 0.2) is 154 Å². The van der Waals surface area contributed by atoms with Crippen LogP contribution < -0.4 is 31.8 Å². The number of nitrogens with zero attached hydrogens (tertiary/aromatic N) is 9. The number of hydrogen-bond donors (Lipinski definition) is 1. The maximum atomic E-state index is 13.3. The number of hydrogen-bond acceptors (Lipinski definition) is 16. The van der Waals surface area contributed by atoms with Gasteiger partial charge in [0.1, 0.15) is 23.0 Å². The minimum Gasteiger partial charge on any atom is -0.465 e. The number of carbonyl (C=O) groups excluding carboxylic acids is 2. The quantitative estimate of drug-likeness (QED) is 0.0544. The zero-order chi connectivity index (χ0) is 52.0. The summed E-state index contributed by atoms with van der Waals surface area (Å²) in [6.45, 7) is 5.21. The van der Waals surface area contributed by atoms with Gasteiger partial charge in [0.15, 0.2) is 5.16 Å². The highest BCUT2D eigenvalue weighted by atomic mass is 35.5. The molecule has 0 saturated heterocycles. The van der Waals surface area contributed by atoms with E-state index in [1.165, 1.54) is 59.9 Å². The summed E-state index contributed by atoms with van der Waals surface area (Å²) in [6.07, 6.45) is 7.68. The van der Waals surface area contributed by atoms with Gasteiger partial charge in [-0.3, -0.25) is 28.2 Å². The van der Waals surface area contributed by atoms with Gasteiger partial charge in [-0.1, -0.05) is 59.2 Å². The van der Waals surface area contributed by atoms with Gasteiger partial charge < -0.3 is 24.3 Å². The van der Waals surface area contributed by atoms with Gasteiger partial charge in [0.2, 0.25) is 16.3 Å². The molecular formula is C51H46Cl2N10O8S2. The van der Waals surface area contributed by atoms with Crippen LogP contribution in [0.1, 0.15) is 45.7 Å². The van der Waals surface area contributed by atoms with Crippen LogP contribution in [0.25, 0.3) is 0 Å². The number of nitrogens with one attached hydrogen (secondary N) is 1. The molecule has 374 valence electrons. The van der Waals surface area contributed by atoms with Gasteiger partial charge in [0, 0.05) is 41.2 Å². The first-order valence-electron chi connectivity index (χ1n) is 22.2. The van der Waals surface area contributed by atoms with E-state index in [0.717, 1.165) is 11.1 Å². The number of thioether (sulfide) groups is 1. The summed E-state index contributed by atoms with van der Waals surface area (Å²) < 4.78 is 27.4. The van der Waals surface area contributed by atoms with Crippen molar-refractivity contribution in [2.24, 2.45) is 4.99 Å². The number of pyridine rings is 2. The van der Waals surface area contributed by atoms with Crippen LogP contribution in [0.4, 0.5) is 17.3 Å². The van der Waals surface area contributed by atoms with Crippen molar-refractivity contribution in [2.45, 2.75) is 45.2 Å². The minimum atomic E-state index is -0.502. The number of methoxy groups -OCH3 is 2. The number of esters is 2. The van der Waals surface area contributed by atoms with Gasteiger partial charge in [-0.2, -0.15) is 9.97 Å². The molecule has 0 unspecified atom stereocenters. The molecule has 8 aromatic rings. The van der Waals surface area contributed by atoms with Crippen molar-refractivity contribution < 1.29 is 28.5 Å². The average molecular weight is 1060 g/mol. The van der Waals surface area contributed by atoms with Crippen LogP contribution in [0.3, 0.4) is 0 Å². The van der Waals surface area contributed by atoms with Gasteiger partial charge in [-0.25, -0.2) is 24.2 Å². The highest BCUT2D eigenvalue weighted by molar-refractivity contribution is 7.98. The van der Waals surface area contributed by atoms with Crippen LogP contribution in [0.5, 0.6) is 23.0 Å². The summed E-state index contributed by atoms with van der Waals surface area (Å²) >= 11 is 18.7. The SMILES string of the molecule is CCn1c(=S)nc(Nc2ccc(Oc3cncc(C(=O)OC)c3)cc2)n(Cc2ccc(Cl)cc2)c1=O.CCn1c(SC)nc(=Nc2ccc(Oc3cncc(C(=O)OC)c3)cc2)n(Cc2ccc(Cl)cc2)c1=O. The van der Waals surface area contributed by atoms with E-state index in [0.29, 0.717) is 75.2 Å². The van der Waals surface area contributed by atoms with Crippen LogP contribution >= 0.6 is 47.2 Å². The third kappa shape index (κ3) is 13.7. The van der Waals surface area contributed by atoms with Crippen molar-refractivity contribution in [3.05, 3.63) is 198 Å². The molecule has 1 N–H and O–H groups in total. The van der Waals surface area contributed by atoms with Crippen LogP contribution in [0.2, 0.25) is 10.0 Å². The summed E-state index contributed by atoms with van der Waals surface area (Å²) in [5.74, 6) is 1.14. The molecule has 8 rings (SSSR count). The van der Waals surface area contributed by atoms with Crippen LogP contribution in [0, 0.1) is 4.77 Å². The van der Waals surface area contributed by atoms with Crippen LogP contribution in [-0.2, 0) is 35.7 Å². The molecule has 0 saturated carbocycles. The average Bonchev–Trinajstić information content (AvgIpc) is 3.40. The van der Waals surface area contributed by atoms with E-state index in [9.17, 15) is 19.2 Å². The Morgan fingerprint density at radius 1 is 0.630 bits per heavy atom. The lowest BCUT2D eigenvalue weighted by Crippen LogP contribution is -2.43. The second-order valence-electron chi connectivity index (χ2n) is 15.4. The Hall–Kier alpha value is -7.91. The first-order chi connectivity index (χ1) is 35.3. The standard InChI is InChI=1S/C26H24ClN5O4S.C25H22ClN5O4S/c1-4-31-25(37-3)30-24(32(26(31)34)16-17-5-7-19(27)8-6-17)29-20-9-11-21(12-10-20)36-22-13-18(14-28-15-22)23(33)35-2;1-3-30-24(36)29-23(31(25(30)33)15-16-4-6-18(26)7-5-16)28-19-8-10-20(11-9-19)35-21-12-17(13-27-14-21)22(32)34-2/h5-15H,4,16H2,1-3H3;4-14H,3,15H2,1-2H3,(H,28,29,36). The third-order valence-corrected chi connectivity index (χ3v) is 12.0. The van der Waals surface area contributed by atoms with E-state index < -0.39 is 11.9 Å².